The lowest BCUT2D eigenvalue weighted by Crippen LogP contribution is -2.30. The number of nitrogens with zero attached hydrogens (tertiary/aromatic N) is 1. The molecule has 0 bridgehead atoms. The monoisotopic (exact) mass is 177 g/mol. The molecule has 5 heteroatoms. The smallest absolute Gasteiger partial charge is 0.444 e. The van der Waals surface area contributed by atoms with Crippen molar-refractivity contribution in [3.8, 4) is 0 Å². The first-order valence-electron chi connectivity index (χ1n) is 3.90. The molecule has 0 aliphatic heterocycles. The molecule has 0 saturated carbocycles. The second-order valence-electron chi connectivity index (χ2n) is 2.85. The maximum absolute atomic E-state index is 8.81. The Bertz CT molecular complexity index is 438. The first kappa shape index (κ1) is 8.28. The quantitative estimate of drug-likeness (QED) is 0.592. The molecular formula is C8H8BNO3. The number of hydrogen-bond acceptors (Lipinski definition) is 4. The number of oxazole rings is 1. The summed E-state index contributed by atoms with van der Waals surface area (Å²) >= 11 is 0. The topological polar surface area (TPSA) is 66.5 Å². The first-order chi connectivity index (χ1) is 6.18. The summed E-state index contributed by atoms with van der Waals surface area (Å²) in [6, 6.07) is 5.45. The fourth-order valence-electron chi connectivity index (χ4n) is 1.21. The van der Waals surface area contributed by atoms with E-state index in [4.69, 9.17) is 14.5 Å². The van der Waals surface area contributed by atoms with E-state index in [0.29, 0.717) is 11.1 Å². The standard InChI is InChI=1S/C8H8BNO3/c1-5-3-2-4-6-7(5)10-8(13-6)9(11)12/h2-4,11-12H,1H3. The van der Waals surface area contributed by atoms with Crippen LogP contribution in [0.25, 0.3) is 11.1 Å². The molecule has 0 aliphatic rings. The van der Waals surface area contributed by atoms with E-state index in [1.807, 2.05) is 19.1 Å². The van der Waals surface area contributed by atoms with Crippen LogP contribution in [0.1, 0.15) is 5.56 Å². The van der Waals surface area contributed by atoms with Gasteiger partial charge in [-0.3, -0.25) is 0 Å². The zero-order chi connectivity index (χ0) is 9.42. The summed E-state index contributed by atoms with van der Waals surface area (Å²) < 4.78 is 5.10. The molecule has 0 spiro atoms. The van der Waals surface area contributed by atoms with Gasteiger partial charge in [0, 0.05) is 0 Å². The lowest BCUT2D eigenvalue weighted by Gasteiger charge is -1.88. The van der Waals surface area contributed by atoms with E-state index in [0.717, 1.165) is 5.56 Å². The van der Waals surface area contributed by atoms with Crippen LogP contribution < -0.4 is 5.79 Å². The molecule has 66 valence electrons. The number of fused-ring (bicyclic) bond motifs is 1. The Morgan fingerprint density at radius 1 is 1.38 bits per heavy atom. The van der Waals surface area contributed by atoms with E-state index in [2.05, 4.69) is 4.98 Å². The summed E-state index contributed by atoms with van der Waals surface area (Å²) in [4.78, 5) is 3.95. The molecule has 2 aromatic rings. The number of hydrogen-bond donors (Lipinski definition) is 2. The predicted octanol–water partition coefficient (Wildman–Crippen LogP) is -0.184. The summed E-state index contributed by atoms with van der Waals surface area (Å²) in [7, 11) is -1.65. The summed E-state index contributed by atoms with van der Waals surface area (Å²) in [6.45, 7) is 1.89. The van der Waals surface area contributed by atoms with Gasteiger partial charge in [0.15, 0.2) is 5.58 Å². The van der Waals surface area contributed by atoms with Gasteiger partial charge in [-0.05, 0) is 18.6 Å². The van der Waals surface area contributed by atoms with Crippen LogP contribution in [-0.2, 0) is 0 Å². The highest BCUT2D eigenvalue weighted by molar-refractivity contribution is 6.56. The number of rotatable bonds is 1. The lowest BCUT2D eigenvalue weighted by molar-refractivity contribution is 0.409. The predicted molar refractivity (Wildman–Crippen MR) is 48.6 cm³/mol. The zero-order valence-corrected chi connectivity index (χ0v) is 7.06. The second-order valence-corrected chi connectivity index (χ2v) is 2.85. The zero-order valence-electron chi connectivity index (χ0n) is 7.06. The maximum atomic E-state index is 8.81. The van der Waals surface area contributed by atoms with Gasteiger partial charge in [0.25, 0.3) is 0 Å². The van der Waals surface area contributed by atoms with Crippen LogP contribution in [0.5, 0.6) is 0 Å². The minimum atomic E-state index is -1.65. The van der Waals surface area contributed by atoms with Gasteiger partial charge in [-0.25, -0.2) is 4.98 Å². The van der Waals surface area contributed by atoms with Gasteiger partial charge in [-0.2, -0.15) is 0 Å². The molecule has 0 fully saturated rings. The highest BCUT2D eigenvalue weighted by atomic mass is 16.4. The van der Waals surface area contributed by atoms with E-state index in [1.165, 1.54) is 0 Å². The van der Waals surface area contributed by atoms with Crippen LogP contribution in [0.4, 0.5) is 0 Å². The van der Waals surface area contributed by atoms with Crippen molar-refractivity contribution < 1.29 is 14.5 Å². The van der Waals surface area contributed by atoms with Crippen LogP contribution in [0.15, 0.2) is 22.6 Å². The normalized spacial score (nSPS) is 10.7. The summed E-state index contributed by atoms with van der Waals surface area (Å²) in [6.07, 6.45) is 0. The number of benzene rings is 1. The molecular weight excluding hydrogens is 169 g/mol. The highest BCUT2D eigenvalue weighted by Crippen LogP contribution is 2.14. The van der Waals surface area contributed by atoms with Crippen molar-refractivity contribution >= 4 is 24.0 Å². The number of aryl methyl sites for hydroxylation is 1. The minimum absolute atomic E-state index is 0.0655. The molecule has 0 amide bonds. The molecule has 0 unspecified atom stereocenters. The Kier molecular flexibility index (Phi) is 1.83. The second kappa shape index (κ2) is 2.87. The molecule has 13 heavy (non-hydrogen) atoms. The van der Waals surface area contributed by atoms with Crippen LogP contribution >= 0.6 is 0 Å². The van der Waals surface area contributed by atoms with Crippen molar-refractivity contribution in [2.24, 2.45) is 0 Å². The SMILES string of the molecule is Cc1cccc2oc(B(O)O)nc12. The molecule has 4 nitrogen and oxygen atoms in total. The Balaban J connectivity index is 2.68. The van der Waals surface area contributed by atoms with Gasteiger partial charge >= 0.3 is 7.12 Å². The molecule has 1 aromatic carbocycles. The highest BCUT2D eigenvalue weighted by Gasteiger charge is 2.19. The van der Waals surface area contributed by atoms with Gasteiger partial charge < -0.3 is 14.5 Å². The molecule has 1 heterocycles. The third-order valence-corrected chi connectivity index (χ3v) is 1.86. The Hall–Kier alpha value is -1.33. The van der Waals surface area contributed by atoms with E-state index in [9.17, 15) is 0 Å². The van der Waals surface area contributed by atoms with E-state index in [-0.39, 0.29) is 5.79 Å². The van der Waals surface area contributed by atoms with E-state index < -0.39 is 7.12 Å². The molecule has 0 radical (unpaired) electrons. The number of aromatic nitrogens is 1. The summed E-state index contributed by atoms with van der Waals surface area (Å²) in [5.41, 5.74) is 2.20. The van der Waals surface area contributed by atoms with Crippen LogP contribution in [0.3, 0.4) is 0 Å². The van der Waals surface area contributed by atoms with E-state index >= 15 is 0 Å². The first-order valence-corrected chi connectivity index (χ1v) is 3.90. The molecule has 2 rings (SSSR count). The Morgan fingerprint density at radius 2 is 2.15 bits per heavy atom. The third kappa shape index (κ3) is 1.32. The van der Waals surface area contributed by atoms with Crippen LogP contribution in [-0.4, -0.2) is 22.2 Å². The van der Waals surface area contributed by atoms with E-state index in [1.54, 1.807) is 6.07 Å². The van der Waals surface area contributed by atoms with Crippen molar-refractivity contribution in [2.75, 3.05) is 0 Å². The largest absolute Gasteiger partial charge is 0.548 e. The minimum Gasteiger partial charge on any atom is -0.444 e. The lowest BCUT2D eigenvalue weighted by atomic mass is 9.93. The molecule has 1 aromatic heterocycles. The van der Waals surface area contributed by atoms with Gasteiger partial charge in [-0.1, -0.05) is 12.1 Å². The fraction of sp³-hybridized carbons (Fsp3) is 0.125. The molecule has 2 N–H and O–H groups in total. The van der Waals surface area contributed by atoms with Gasteiger partial charge in [-0.15, -0.1) is 0 Å². The van der Waals surface area contributed by atoms with Crippen molar-refractivity contribution in [2.45, 2.75) is 6.92 Å². The molecule has 0 saturated heterocycles. The summed E-state index contributed by atoms with van der Waals surface area (Å²) in [5, 5.41) is 17.6. The average Bonchev–Trinajstić information content (AvgIpc) is 2.49. The van der Waals surface area contributed by atoms with Gasteiger partial charge in [0.05, 0.1) is 0 Å². The summed E-state index contributed by atoms with van der Waals surface area (Å²) in [5.74, 6) is -0.0655. The van der Waals surface area contributed by atoms with Crippen molar-refractivity contribution in [3.05, 3.63) is 23.8 Å². The van der Waals surface area contributed by atoms with Crippen molar-refractivity contribution in [1.29, 1.82) is 0 Å². The third-order valence-electron chi connectivity index (χ3n) is 1.86. The van der Waals surface area contributed by atoms with Gasteiger partial charge in [0.2, 0.25) is 5.79 Å². The van der Waals surface area contributed by atoms with Gasteiger partial charge in [0.1, 0.15) is 5.52 Å². The average molecular weight is 177 g/mol. The molecule has 0 atom stereocenters. The fourth-order valence-corrected chi connectivity index (χ4v) is 1.21. The Morgan fingerprint density at radius 3 is 2.77 bits per heavy atom. The number of para-hydroxylation sites is 1. The van der Waals surface area contributed by atoms with Crippen molar-refractivity contribution in [1.82, 2.24) is 4.98 Å². The van der Waals surface area contributed by atoms with Crippen LogP contribution in [0.2, 0.25) is 0 Å². The molecule has 0 aliphatic carbocycles. The maximum Gasteiger partial charge on any atom is 0.548 e. The van der Waals surface area contributed by atoms with Crippen LogP contribution in [0, 0.1) is 6.92 Å². The Labute approximate surface area is 75.0 Å². The van der Waals surface area contributed by atoms with Crippen molar-refractivity contribution in [3.63, 3.8) is 0 Å².